The molecule has 0 aromatic heterocycles. The fourth-order valence-electron chi connectivity index (χ4n) is 5.95. The third-order valence-electron chi connectivity index (χ3n) is 8.51. The minimum absolute atomic E-state index is 0.0715. The second-order valence-corrected chi connectivity index (χ2v) is 12.9. The molecule has 39 heavy (non-hydrogen) atoms. The highest BCUT2D eigenvalue weighted by atomic mass is 16.7. The molecule has 1 aromatic carbocycles. The number of oxime groups is 1. The molecule has 2 aliphatic heterocycles. The van der Waals surface area contributed by atoms with Crippen LogP contribution in [0.25, 0.3) is 0 Å². The fourth-order valence-corrected chi connectivity index (χ4v) is 5.95. The van der Waals surface area contributed by atoms with Gasteiger partial charge in [0, 0.05) is 32.8 Å². The number of carbonyl (C=O) groups is 3. The van der Waals surface area contributed by atoms with Gasteiger partial charge in [-0.25, -0.2) is 0 Å². The van der Waals surface area contributed by atoms with Crippen molar-refractivity contribution in [3.8, 4) is 0 Å². The van der Waals surface area contributed by atoms with E-state index in [9.17, 15) is 14.4 Å². The minimum atomic E-state index is -0.776. The van der Waals surface area contributed by atoms with Crippen LogP contribution in [-0.4, -0.2) is 65.5 Å². The molecule has 1 amide bonds. The Bertz CT molecular complexity index is 1080. The van der Waals surface area contributed by atoms with Gasteiger partial charge in [-0.1, -0.05) is 69.6 Å². The zero-order valence-electron chi connectivity index (χ0n) is 24.2. The zero-order valence-corrected chi connectivity index (χ0v) is 24.2. The Kier molecular flexibility index (Phi) is 8.96. The van der Waals surface area contributed by atoms with E-state index in [2.05, 4.69) is 5.16 Å². The third-order valence-corrected chi connectivity index (χ3v) is 8.51. The van der Waals surface area contributed by atoms with E-state index in [1.54, 1.807) is 12.0 Å². The highest BCUT2D eigenvalue weighted by Crippen LogP contribution is 2.41. The Labute approximate surface area is 232 Å². The molecule has 0 bridgehead atoms. The number of carbonyl (C=O) groups excluding carboxylic acids is 3. The van der Waals surface area contributed by atoms with E-state index < -0.39 is 29.2 Å². The van der Waals surface area contributed by atoms with Gasteiger partial charge in [-0.05, 0) is 42.1 Å². The van der Waals surface area contributed by atoms with Crippen molar-refractivity contribution in [2.45, 2.75) is 103 Å². The molecular formula is C31H45N3O5. The molecule has 1 saturated carbocycles. The molecule has 2 N–H and O–H groups in total. The van der Waals surface area contributed by atoms with E-state index in [0.29, 0.717) is 31.6 Å². The van der Waals surface area contributed by atoms with Gasteiger partial charge in [0.1, 0.15) is 6.10 Å². The maximum atomic E-state index is 14.0. The summed E-state index contributed by atoms with van der Waals surface area (Å²) in [7, 11) is 1.56. The summed E-state index contributed by atoms with van der Waals surface area (Å²) < 4.78 is 5.69. The number of hydrogen-bond acceptors (Lipinski definition) is 7. The van der Waals surface area contributed by atoms with E-state index in [4.69, 9.17) is 15.3 Å². The van der Waals surface area contributed by atoms with Crippen molar-refractivity contribution >= 4 is 23.2 Å². The number of rotatable bonds is 12. The van der Waals surface area contributed by atoms with Gasteiger partial charge in [0.05, 0.1) is 24.3 Å². The molecule has 5 atom stereocenters. The summed E-state index contributed by atoms with van der Waals surface area (Å²) in [5, 5.41) is 4.38. The molecule has 1 unspecified atom stereocenters. The van der Waals surface area contributed by atoms with Gasteiger partial charge in [-0.2, -0.15) is 0 Å². The van der Waals surface area contributed by atoms with Crippen LogP contribution < -0.4 is 5.73 Å². The first-order chi connectivity index (χ1) is 18.5. The number of methoxy groups -OCH3 is 1. The highest BCUT2D eigenvalue weighted by molar-refractivity contribution is 6.02. The van der Waals surface area contributed by atoms with Crippen molar-refractivity contribution in [2.75, 3.05) is 13.7 Å². The quantitative estimate of drug-likeness (QED) is 0.424. The van der Waals surface area contributed by atoms with Crippen LogP contribution in [0.2, 0.25) is 0 Å². The summed E-state index contributed by atoms with van der Waals surface area (Å²) in [4.78, 5) is 48.4. The number of benzene rings is 1. The maximum absolute atomic E-state index is 14.0. The van der Waals surface area contributed by atoms with Crippen molar-refractivity contribution in [3.63, 3.8) is 0 Å². The van der Waals surface area contributed by atoms with Crippen molar-refractivity contribution in [1.29, 1.82) is 0 Å². The molecule has 214 valence electrons. The molecule has 0 radical (unpaired) electrons. The van der Waals surface area contributed by atoms with E-state index in [1.807, 2.05) is 58.0 Å². The summed E-state index contributed by atoms with van der Waals surface area (Å²) >= 11 is 0. The Morgan fingerprint density at radius 1 is 1.21 bits per heavy atom. The number of hydrogen-bond donors (Lipinski definition) is 1. The Morgan fingerprint density at radius 3 is 2.49 bits per heavy atom. The Hall–Kier alpha value is -2.58. The lowest BCUT2D eigenvalue weighted by atomic mass is 9.84. The third kappa shape index (κ3) is 6.77. The monoisotopic (exact) mass is 539 g/mol. The molecular weight excluding hydrogens is 494 g/mol. The van der Waals surface area contributed by atoms with Gasteiger partial charge in [0.15, 0.2) is 17.2 Å². The lowest BCUT2D eigenvalue weighted by Gasteiger charge is -2.33. The number of likely N-dealkylation sites (tertiary alicyclic amines) is 1. The molecule has 1 spiro atoms. The predicted octanol–water partition coefficient (Wildman–Crippen LogP) is 4.28. The Morgan fingerprint density at radius 2 is 1.90 bits per heavy atom. The van der Waals surface area contributed by atoms with Crippen LogP contribution in [-0.2, 0) is 24.0 Å². The van der Waals surface area contributed by atoms with Crippen LogP contribution >= 0.6 is 0 Å². The Balaban J connectivity index is 1.55. The maximum Gasteiger partial charge on any atom is 0.240 e. The summed E-state index contributed by atoms with van der Waals surface area (Å²) in [6, 6.07) is 8.36. The largest absolute Gasteiger partial charge is 0.387 e. The predicted molar refractivity (Wildman–Crippen MR) is 150 cm³/mol. The molecule has 2 heterocycles. The first-order valence-corrected chi connectivity index (χ1v) is 14.4. The van der Waals surface area contributed by atoms with E-state index in [1.165, 1.54) is 0 Å². The number of Topliss-reactive ketones (excluding diaryl/α,β-unsaturated/α-hetero) is 2. The number of nitrogens with zero attached hydrogens (tertiary/aromatic N) is 2. The molecule has 1 saturated heterocycles. The van der Waals surface area contributed by atoms with Crippen LogP contribution in [0, 0.1) is 17.3 Å². The van der Waals surface area contributed by atoms with Crippen molar-refractivity contribution < 1.29 is 24.0 Å². The van der Waals surface area contributed by atoms with Crippen LogP contribution in [0.4, 0.5) is 0 Å². The van der Waals surface area contributed by atoms with Gasteiger partial charge < -0.3 is 20.2 Å². The number of ketones is 2. The standard InChI is InChI=1S/C31H45N3O5/c1-6-10-22(27(38-5)26(36)15-20-13-14-20)16-25(35)24-18-31(19-34(24)29(37)28(32)30(2,3)4)17-23(33-39-31)21-11-8-7-9-12-21/h7-9,11-12,20,22,24,27-28H,6,10,13-19,32H2,1-5H3/t22-,24+,27?,28-,31-/m1/s1. The highest BCUT2D eigenvalue weighted by Gasteiger charge is 2.55. The van der Waals surface area contributed by atoms with Crippen LogP contribution in [0.1, 0.15) is 84.6 Å². The second-order valence-electron chi connectivity index (χ2n) is 12.9. The van der Waals surface area contributed by atoms with E-state index in [-0.39, 0.29) is 36.4 Å². The van der Waals surface area contributed by atoms with Crippen molar-refractivity contribution in [2.24, 2.45) is 28.1 Å². The molecule has 1 aromatic rings. The van der Waals surface area contributed by atoms with Crippen LogP contribution in [0.3, 0.4) is 0 Å². The van der Waals surface area contributed by atoms with E-state index >= 15 is 0 Å². The number of nitrogens with two attached hydrogens (primary N) is 1. The molecule has 8 nitrogen and oxygen atoms in total. The zero-order chi connectivity index (χ0) is 28.4. The lowest BCUT2D eigenvalue weighted by Crippen LogP contribution is -2.54. The smallest absolute Gasteiger partial charge is 0.240 e. The van der Waals surface area contributed by atoms with Gasteiger partial charge in [-0.15, -0.1) is 0 Å². The van der Waals surface area contributed by atoms with Gasteiger partial charge >= 0.3 is 0 Å². The average molecular weight is 540 g/mol. The number of amides is 1. The SMILES string of the molecule is CCC[C@H](CC(=O)[C@@H]1C[C@]2(CC(c3ccccc3)=NO2)CN1C(=O)[C@@H](N)C(C)(C)C)C(OC)C(=O)CC1CC1. The fraction of sp³-hybridized carbons (Fsp3) is 0.677. The summed E-state index contributed by atoms with van der Waals surface area (Å²) in [6.07, 6.45) is 4.63. The number of ether oxygens (including phenoxy) is 1. The molecule has 1 aliphatic carbocycles. The molecule has 3 aliphatic rings. The summed E-state index contributed by atoms with van der Waals surface area (Å²) in [5.41, 5.74) is 6.95. The minimum Gasteiger partial charge on any atom is -0.387 e. The summed E-state index contributed by atoms with van der Waals surface area (Å²) in [5.74, 6) is -0.0263. The summed E-state index contributed by atoms with van der Waals surface area (Å²) in [6.45, 7) is 8.07. The molecule has 4 rings (SSSR count). The first kappa shape index (κ1) is 29.4. The van der Waals surface area contributed by atoms with Crippen molar-refractivity contribution in [3.05, 3.63) is 35.9 Å². The van der Waals surface area contributed by atoms with Crippen LogP contribution in [0.5, 0.6) is 0 Å². The lowest BCUT2D eigenvalue weighted by molar-refractivity contribution is -0.142. The van der Waals surface area contributed by atoms with Gasteiger partial charge in [0.2, 0.25) is 5.91 Å². The molecule has 8 heteroatoms. The van der Waals surface area contributed by atoms with Gasteiger partial charge in [-0.3, -0.25) is 14.4 Å². The normalized spacial score (nSPS) is 25.2. The topological polar surface area (TPSA) is 111 Å². The van der Waals surface area contributed by atoms with E-state index in [0.717, 1.165) is 30.5 Å². The van der Waals surface area contributed by atoms with Crippen LogP contribution in [0.15, 0.2) is 35.5 Å². The average Bonchev–Trinajstić information content (AvgIpc) is 3.49. The second kappa shape index (κ2) is 11.9. The molecule has 2 fully saturated rings. The van der Waals surface area contributed by atoms with Crippen molar-refractivity contribution in [1.82, 2.24) is 4.90 Å². The van der Waals surface area contributed by atoms with Gasteiger partial charge in [0.25, 0.3) is 0 Å². The first-order valence-electron chi connectivity index (χ1n) is 14.4.